The van der Waals surface area contributed by atoms with Crippen molar-refractivity contribution in [3.8, 4) is 0 Å². The van der Waals surface area contributed by atoms with Gasteiger partial charge < -0.3 is 5.32 Å². The Labute approximate surface area is 72.6 Å². The van der Waals surface area contributed by atoms with E-state index >= 15 is 0 Å². The average Bonchev–Trinajstić information content (AvgIpc) is 2.09. The molecule has 1 N–H and O–H groups in total. The highest BCUT2D eigenvalue weighted by molar-refractivity contribution is 5.78. The van der Waals surface area contributed by atoms with Gasteiger partial charge in [-0.15, -0.1) is 0 Å². The molecule has 0 aliphatic heterocycles. The maximum Gasteiger partial charge on any atom is 0.224 e. The van der Waals surface area contributed by atoms with Crippen molar-refractivity contribution in [1.29, 1.82) is 0 Å². The lowest BCUT2D eigenvalue weighted by atomic mass is 10.1. The Morgan fingerprint density at radius 2 is 2.00 bits per heavy atom. The number of carbonyl (C=O) groups excluding carboxylic acids is 1. The normalized spacial score (nSPS) is 9.50. The van der Waals surface area contributed by atoms with Gasteiger partial charge in [-0.1, -0.05) is 29.8 Å². The molecule has 1 amide bonds. The first-order chi connectivity index (χ1) is 5.72. The molecule has 1 rings (SSSR count). The van der Waals surface area contributed by atoms with Crippen LogP contribution in [0, 0.1) is 14.0 Å². The largest absolute Gasteiger partial charge is 0.354 e. The van der Waals surface area contributed by atoms with Crippen LogP contribution in [-0.2, 0) is 11.2 Å². The van der Waals surface area contributed by atoms with E-state index in [1.165, 1.54) is 5.56 Å². The molecule has 0 aromatic heterocycles. The van der Waals surface area contributed by atoms with Gasteiger partial charge >= 0.3 is 0 Å². The van der Waals surface area contributed by atoms with Crippen LogP contribution in [0.1, 0.15) is 11.1 Å². The topological polar surface area (TPSA) is 29.1 Å². The third-order valence-corrected chi connectivity index (χ3v) is 1.68. The van der Waals surface area contributed by atoms with E-state index in [9.17, 15) is 4.79 Å². The van der Waals surface area contributed by atoms with Crippen LogP contribution >= 0.6 is 0 Å². The lowest BCUT2D eigenvalue weighted by molar-refractivity contribution is -0.119. The van der Waals surface area contributed by atoms with Crippen molar-refractivity contribution < 1.29 is 4.79 Å². The quantitative estimate of drug-likeness (QED) is 0.700. The second-order valence-electron chi connectivity index (χ2n) is 2.76. The van der Waals surface area contributed by atoms with Crippen LogP contribution in [0.4, 0.5) is 0 Å². The fourth-order valence-corrected chi connectivity index (χ4v) is 0.954. The van der Waals surface area contributed by atoms with Crippen LogP contribution in [0.3, 0.4) is 0 Å². The van der Waals surface area contributed by atoms with E-state index < -0.39 is 0 Å². The summed E-state index contributed by atoms with van der Waals surface area (Å²) >= 11 is 0. The first-order valence-electron chi connectivity index (χ1n) is 3.84. The van der Waals surface area contributed by atoms with Gasteiger partial charge in [-0.2, -0.15) is 0 Å². The SMILES string of the molecule is [CH2]NC(=O)Cc1ccc(C)cc1. The highest BCUT2D eigenvalue weighted by Gasteiger charge is 1.98. The summed E-state index contributed by atoms with van der Waals surface area (Å²) in [5.74, 6) is -0.0566. The highest BCUT2D eigenvalue weighted by Crippen LogP contribution is 2.03. The van der Waals surface area contributed by atoms with Crippen LogP contribution in [0.2, 0.25) is 0 Å². The van der Waals surface area contributed by atoms with Gasteiger partial charge in [-0.25, -0.2) is 0 Å². The number of benzene rings is 1. The maximum absolute atomic E-state index is 10.9. The van der Waals surface area contributed by atoms with Crippen molar-refractivity contribution >= 4 is 5.91 Å². The van der Waals surface area contributed by atoms with Crippen LogP contribution in [0.25, 0.3) is 0 Å². The molecule has 2 heteroatoms. The van der Waals surface area contributed by atoms with Crippen molar-refractivity contribution in [3.05, 3.63) is 42.4 Å². The van der Waals surface area contributed by atoms with E-state index in [4.69, 9.17) is 0 Å². The molecule has 0 spiro atoms. The fourth-order valence-electron chi connectivity index (χ4n) is 0.954. The third kappa shape index (κ3) is 2.38. The Kier molecular flexibility index (Phi) is 2.86. The average molecular weight is 162 g/mol. The predicted octanol–water partition coefficient (Wildman–Crippen LogP) is 1.45. The van der Waals surface area contributed by atoms with Crippen molar-refractivity contribution in [3.63, 3.8) is 0 Å². The summed E-state index contributed by atoms with van der Waals surface area (Å²) < 4.78 is 0. The highest BCUT2D eigenvalue weighted by atomic mass is 16.1. The molecular formula is C10H12NO. The van der Waals surface area contributed by atoms with Crippen LogP contribution in [0.5, 0.6) is 0 Å². The second-order valence-corrected chi connectivity index (χ2v) is 2.76. The summed E-state index contributed by atoms with van der Waals surface area (Å²) in [4.78, 5) is 10.9. The van der Waals surface area contributed by atoms with Crippen LogP contribution < -0.4 is 5.32 Å². The number of aryl methyl sites for hydroxylation is 1. The molecule has 0 fully saturated rings. The lowest BCUT2D eigenvalue weighted by Crippen LogP contribution is -2.17. The van der Waals surface area contributed by atoms with Crippen molar-refractivity contribution in [2.75, 3.05) is 0 Å². The summed E-state index contributed by atoms with van der Waals surface area (Å²) in [5, 5.41) is 2.34. The molecule has 0 bridgehead atoms. The standard InChI is InChI=1S/C10H12NO/c1-8-3-5-9(6-4-8)7-10(12)11-2/h3-6H,2,7H2,1H3,(H,11,12). The Hall–Kier alpha value is -1.31. The van der Waals surface area contributed by atoms with Gasteiger partial charge in [0.1, 0.15) is 0 Å². The van der Waals surface area contributed by atoms with Gasteiger partial charge in [0.2, 0.25) is 5.91 Å². The van der Waals surface area contributed by atoms with Gasteiger partial charge in [0.25, 0.3) is 0 Å². The summed E-state index contributed by atoms with van der Waals surface area (Å²) in [5.41, 5.74) is 2.22. The lowest BCUT2D eigenvalue weighted by Gasteiger charge is -1.99. The van der Waals surface area contributed by atoms with Crippen molar-refractivity contribution in [1.82, 2.24) is 5.32 Å². The molecule has 0 aliphatic carbocycles. The smallest absolute Gasteiger partial charge is 0.224 e. The van der Waals surface area contributed by atoms with Crippen LogP contribution in [0.15, 0.2) is 24.3 Å². The maximum atomic E-state index is 10.9. The summed E-state index contributed by atoms with van der Waals surface area (Å²) in [7, 11) is 3.30. The van der Waals surface area contributed by atoms with E-state index in [1.54, 1.807) is 0 Å². The molecule has 2 nitrogen and oxygen atoms in total. The van der Waals surface area contributed by atoms with Gasteiger partial charge in [0.05, 0.1) is 6.42 Å². The number of rotatable bonds is 2. The zero-order valence-corrected chi connectivity index (χ0v) is 7.13. The number of amides is 1. The minimum atomic E-state index is -0.0566. The minimum Gasteiger partial charge on any atom is -0.354 e. The molecule has 0 aliphatic rings. The fraction of sp³-hybridized carbons (Fsp3) is 0.200. The predicted molar refractivity (Wildman–Crippen MR) is 48.4 cm³/mol. The summed E-state index contributed by atoms with van der Waals surface area (Å²) in [6.45, 7) is 2.02. The summed E-state index contributed by atoms with van der Waals surface area (Å²) in [6, 6.07) is 7.88. The Morgan fingerprint density at radius 1 is 1.42 bits per heavy atom. The molecule has 12 heavy (non-hydrogen) atoms. The van der Waals surface area contributed by atoms with Gasteiger partial charge in [-0.05, 0) is 12.5 Å². The Morgan fingerprint density at radius 3 is 2.50 bits per heavy atom. The third-order valence-electron chi connectivity index (χ3n) is 1.68. The summed E-state index contributed by atoms with van der Waals surface area (Å²) in [6.07, 6.45) is 0.407. The minimum absolute atomic E-state index is 0.0566. The molecule has 0 saturated carbocycles. The Bertz CT molecular complexity index is 264. The van der Waals surface area contributed by atoms with E-state index in [2.05, 4.69) is 12.4 Å². The first-order valence-corrected chi connectivity index (χ1v) is 3.84. The number of hydrogen-bond donors (Lipinski definition) is 1. The Balaban J connectivity index is 2.64. The molecule has 1 aromatic rings. The monoisotopic (exact) mass is 162 g/mol. The zero-order chi connectivity index (χ0) is 8.97. The van der Waals surface area contributed by atoms with Gasteiger partial charge in [0, 0.05) is 7.05 Å². The van der Waals surface area contributed by atoms with E-state index in [1.807, 2.05) is 31.2 Å². The molecule has 0 unspecified atom stereocenters. The van der Waals surface area contributed by atoms with Crippen LogP contribution in [-0.4, -0.2) is 5.91 Å². The number of carbonyl (C=O) groups is 1. The van der Waals surface area contributed by atoms with Gasteiger partial charge in [-0.3, -0.25) is 4.79 Å². The molecule has 0 heterocycles. The molecular weight excluding hydrogens is 150 g/mol. The van der Waals surface area contributed by atoms with E-state index in [0.717, 1.165) is 5.56 Å². The molecule has 0 saturated heterocycles. The van der Waals surface area contributed by atoms with Crippen molar-refractivity contribution in [2.45, 2.75) is 13.3 Å². The molecule has 1 aromatic carbocycles. The number of hydrogen-bond acceptors (Lipinski definition) is 1. The molecule has 0 atom stereocenters. The van der Waals surface area contributed by atoms with Crippen molar-refractivity contribution in [2.24, 2.45) is 0 Å². The van der Waals surface area contributed by atoms with Gasteiger partial charge in [0.15, 0.2) is 0 Å². The molecule has 63 valence electrons. The number of nitrogens with one attached hydrogen (secondary N) is 1. The second kappa shape index (κ2) is 3.90. The molecule has 1 radical (unpaired) electrons. The van der Waals surface area contributed by atoms with E-state index in [-0.39, 0.29) is 5.91 Å². The zero-order valence-electron chi connectivity index (χ0n) is 7.13. The van der Waals surface area contributed by atoms with E-state index in [0.29, 0.717) is 6.42 Å². The first kappa shape index (κ1) is 8.78.